The van der Waals surface area contributed by atoms with Crippen LogP contribution in [0.1, 0.15) is 31.2 Å². The maximum atomic E-state index is 12.9. The number of amides is 1. The van der Waals surface area contributed by atoms with Gasteiger partial charge < -0.3 is 10.6 Å². The first kappa shape index (κ1) is 14.9. The van der Waals surface area contributed by atoms with Crippen LogP contribution in [0.4, 0.5) is 0 Å². The van der Waals surface area contributed by atoms with Crippen LogP contribution in [0, 0.1) is 0 Å². The summed E-state index contributed by atoms with van der Waals surface area (Å²) in [6, 6.07) is 10.3. The van der Waals surface area contributed by atoms with Gasteiger partial charge in [0.05, 0.1) is 5.41 Å². The first-order chi connectivity index (χ1) is 10.3. The summed E-state index contributed by atoms with van der Waals surface area (Å²) in [5.41, 5.74) is 0.832. The molecule has 2 aliphatic rings. The van der Waals surface area contributed by atoms with Crippen LogP contribution >= 0.6 is 11.8 Å². The summed E-state index contributed by atoms with van der Waals surface area (Å²) in [5, 5.41) is 7.24. The van der Waals surface area contributed by atoms with E-state index in [0.29, 0.717) is 5.25 Å². The van der Waals surface area contributed by atoms with Crippen LogP contribution in [0.25, 0.3) is 0 Å². The number of nitrogens with one attached hydrogen (secondary N) is 2. The molecule has 0 bridgehead atoms. The highest BCUT2D eigenvalue weighted by Gasteiger charge is 2.41. The Balaban J connectivity index is 1.73. The average molecular weight is 304 g/mol. The van der Waals surface area contributed by atoms with Crippen molar-refractivity contribution in [1.29, 1.82) is 0 Å². The molecular weight excluding hydrogens is 280 g/mol. The number of carbonyl (C=O) groups is 1. The van der Waals surface area contributed by atoms with E-state index < -0.39 is 0 Å². The molecule has 3 nitrogen and oxygen atoms in total. The Morgan fingerprint density at radius 3 is 2.71 bits per heavy atom. The molecule has 1 unspecified atom stereocenters. The molecule has 4 heteroatoms. The van der Waals surface area contributed by atoms with Crippen molar-refractivity contribution in [3.63, 3.8) is 0 Å². The summed E-state index contributed by atoms with van der Waals surface area (Å²) in [6.45, 7) is 2.66. The van der Waals surface area contributed by atoms with Gasteiger partial charge in [0.1, 0.15) is 0 Å². The van der Waals surface area contributed by atoms with E-state index in [0.717, 1.165) is 32.5 Å². The molecule has 2 aliphatic heterocycles. The molecule has 2 N–H and O–H groups in total. The molecule has 0 aliphatic carbocycles. The molecule has 1 aromatic carbocycles. The van der Waals surface area contributed by atoms with Crippen molar-refractivity contribution < 1.29 is 4.79 Å². The van der Waals surface area contributed by atoms with Gasteiger partial charge in [-0.2, -0.15) is 11.8 Å². The molecule has 0 aromatic heterocycles. The summed E-state index contributed by atoms with van der Waals surface area (Å²) < 4.78 is 0. The highest BCUT2D eigenvalue weighted by Crippen LogP contribution is 2.34. The number of hydrogen-bond donors (Lipinski definition) is 2. The maximum absolute atomic E-state index is 12.9. The van der Waals surface area contributed by atoms with E-state index in [1.54, 1.807) is 0 Å². The zero-order valence-electron chi connectivity index (χ0n) is 12.4. The first-order valence-corrected chi connectivity index (χ1v) is 9.02. The second-order valence-electron chi connectivity index (χ2n) is 6.04. The maximum Gasteiger partial charge on any atom is 0.230 e. The number of hydrogen-bond acceptors (Lipinski definition) is 3. The molecule has 114 valence electrons. The van der Waals surface area contributed by atoms with E-state index in [1.807, 2.05) is 30.0 Å². The Bertz CT molecular complexity index is 465. The number of carbonyl (C=O) groups excluding carboxylic acids is 1. The largest absolute Gasteiger partial charge is 0.354 e. The van der Waals surface area contributed by atoms with Gasteiger partial charge in [0, 0.05) is 11.8 Å². The van der Waals surface area contributed by atoms with Crippen molar-refractivity contribution in [3.8, 4) is 0 Å². The van der Waals surface area contributed by atoms with E-state index >= 15 is 0 Å². The summed E-state index contributed by atoms with van der Waals surface area (Å²) in [6.07, 6.45) is 4.31. The van der Waals surface area contributed by atoms with E-state index in [2.05, 4.69) is 22.8 Å². The summed E-state index contributed by atoms with van der Waals surface area (Å²) in [7, 11) is 0. The highest BCUT2D eigenvalue weighted by atomic mass is 32.2. The van der Waals surface area contributed by atoms with E-state index in [4.69, 9.17) is 0 Å². The molecule has 2 fully saturated rings. The quantitative estimate of drug-likeness (QED) is 0.897. The fourth-order valence-corrected chi connectivity index (χ4v) is 4.64. The minimum Gasteiger partial charge on any atom is -0.354 e. The lowest BCUT2D eigenvalue weighted by Gasteiger charge is -2.37. The van der Waals surface area contributed by atoms with Crippen LogP contribution in [0.3, 0.4) is 0 Å². The van der Waals surface area contributed by atoms with Crippen LogP contribution in [-0.2, 0) is 10.2 Å². The fourth-order valence-electron chi connectivity index (χ4n) is 3.44. The minimum absolute atomic E-state index is 0.225. The van der Waals surface area contributed by atoms with Gasteiger partial charge >= 0.3 is 0 Å². The van der Waals surface area contributed by atoms with Crippen molar-refractivity contribution in [3.05, 3.63) is 35.9 Å². The third-order valence-corrected chi connectivity index (χ3v) is 6.13. The zero-order valence-corrected chi connectivity index (χ0v) is 13.3. The Morgan fingerprint density at radius 2 is 2.05 bits per heavy atom. The van der Waals surface area contributed by atoms with Crippen LogP contribution in [0.5, 0.6) is 0 Å². The molecule has 0 saturated carbocycles. The lowest BCUT2D eigenvalue weighted by Crippen LogP contribution is -2.51. The second kappa shape index (κ2) is 6.84. The number of thioether (sulfide) groups is 1. The molecule has 1 amide bonds. The van der Waals surface area contributed by atoms with Crippen LogP contribution in [0.2, 0.25) is 0 Å². The summed E-state index contributed by atoms with van der Waals surface area (Å²) in [5.74, 6) is 1.47. The predicted molar refractivity (Wildman–Crippen MR) is 88.7 cm³/mol. The third kappa shape index (κ3) is 3.27. The van der Waals surface area contributed by atoms with Gasteiger partial charge in [0.2, 0.25) is 5.91 Å². The number of benzene rings is 1. The van der Waals surface area contributed by atoms with Crippen molar-refractivity contribution in [1.82, 2.24) is 10.6 Å². The number of rotatable bonds is 4. The van der Waals surface area contributed by atoms with E-state index in [1.165, 1.54) is 24.2 Å². The summed E-state index contributed by atoms with van der Waals surface area (Å²) >= 11 is 2.00. The third-order valence-electron chi connectivity index (χ3n) is 4.73. The molecule has 21 heavy (non-hydrogen) atoms. The van der Waals surface area contributed by atoms with Crippen molar-refractivity contribution in [2.24, 2.45) is 0 Å². The fraction of sp³-hybridized carbons (Fsp3) is 0.588. The first-order valence-electron chi connectivity index (χ1n) is 7.97. The van der Waals surface area contributed by atoms with Gasteiger partial charge in [0.25, 0.3) is 0 Å². The average Bonchev–Trinajstić information content (AvgIpc) is 3.07. The Hall–Kier alpha value is -1.00. The monoisotopic (exact) mass is 304 g/mol. The van der Waals surface area contributed by atoms with Crippen molar-refractivity contribution in [2.45, 2.75) is 36.3 Å². The molecule has 1 atom stereocenters. The molecule has 0 spiro atoms. The van der Waals surface area contributed by atoms with Crippen LogP contribution in [0.15, 0.2) is 30.3 Å². The highest BCUT2D eigenvalue weighted by molar-refractivity contribution is 8.00. The van der Waals surface area contributed by atoms with Crippen LogP contribution in [-0.4, -0.2) is 36.5 Å². The predicted octanol–water partition coefficient (Wildman–Crippen LogP) is 2.32. The SMILES string of the molecule is O=C(NCC1CCCS1)C1(c2ccccc2)CCNCC1. The summed E-state index contributed by atoms with van der Waals surface area (Å²) in [4.78, 5) is 12.9. The lowest BCUT2D eigenvalue weighted by molar-refractivity contribution is -0.127. The minimum atomic E-state index is -0.338. The van der Waals surface area contributed by atoms with E-state index in [-0.39, 0.29) is 11.3 Å². The van der Waals surface area contributed by atoms with Gasteiger partial charge in [-0.25, -0.2) is 0 Å². The zero-order chi connectivity index (χ0) is 14.5. The van der Waals surface area contributed by atoms with Gasteiger partial charge in [-0.3, -0.25) is 4.79 Å². The normalized spacial score (nSPS) is 24.7. The Kier molecular flexibility index (Phi) is 4.86. The van der Waals surface area contributed by atoms with Crippen molar-refractivity contribution in [2.75, 3.05) is 25.4 Å². The van der Waals surface area contributed by atoms with Gasteiger partial charge in [0.15, 0.2) is 0 Å². The van der Waals surface area contributed by atoms with Gasteiger partial charge in [-0.05, 0) is 50.1 Å². The molecule has 3 rings (SSSR count). The molecule has 0 radical (unpaired) electrons. The van der Waals surface area contributed by atoms with Gasteiger partial charge in [-0.15, -0.1) is 0 Å². The lowest BCUT2D eigenvalue weighted by atomic mass is 9.72. The molecule has 2 saturated heterocycles. The van der Waals surface area contributed by atoms with Crippen LogP contribution < -0.4 is 10.6 Å². The smallest absolute Gasteiger partial charge is 0.230 e. The standard InChI is InChI=1S/C17H24N2OS/c20-16(19-13-15-7-4-12-21-15)17(8-10-18-11-9-17)14-5-2-1-3-6-14/h1-3,5-6,15,18H,4,7-13H2,(H,19,20). The molecular formula is C17H24N2OS. The molecule has 1 aromatic rings. The second-order valence-corrected chi connectivity index (χ2v) is 7.45. The molecule has 2 heterocycles. The topological polar surface area (TPSA) is 41.1 Å². The Labute approximate surface area is 131 Å². The Morgan fingerprint density at radius 1 is 1.29 bits per heavy atom. The number of piperidine rings is 1. The van der Waals surface area contributed by atoms with Gasteiger partial charge in [-0.1, -0.05) is 30.3 Å². The van der Waals surface area contributed by atoms with E-state index in [9.17, 15) is 4.79 Å². The van der Waals surface area contributed by atoms with Crippen molar-refractivity contribution >= 4 is 17.7 Å².